The third kappa shape index (κ3) is 5.11. The van der Waals surface area contributed by atoms with Gasteiger partial charge < -0.3 is 14.6 Å². The Labute approximate surface area is 183 Å². The molecule has 1 fully saturated rings. The van der Waals surface area contributed by atoms with Gasteiger partial charge in [-0.3, -0.25) is 9.59 Å². The van der Waals surface area contributed by atoms with Gasteiger partial charge in [0.05, 0.1) is 18.7 Å². The SMILES string of the molecule is Cc1nonc1C(=O)NCC(=O)N1CCCC(c2ncc(Cc3ccc(Cl)cc3)o2)C1. The third-order valence-electron chi connectivity index (χ3n) is 5.25. The van der Waals surface area contributed by atoms with Crippen molar-refractivity contribution in [3.05, 3.63) is 64.1 Å². The molecule has 1 aromatic carbocycles. The fourth-order valence-corrected chi connectivity index (χ4v) is 3.72. The topological polar surface area (TPSA) is 114 Å². The van der Waals surface area contributed by atoms with Crippen LogP contribution in [-0.2, 0) is 11.2 Å². The number of hydrogen-bond acceptors (Lipinski definition) is 7. The molecule has 1 aliphatic heterocycles. The number of nitrogens with zero attached hydrogens (tertiary/aromatic N) is 4. The van der Waals surface area contributed by atoms with E-state index in [-0.39, 0.29) is 24.1 Å². The highest BCUT2D eigenvalue weighted by Gasteiger charge is 2.28. The minimum Gasteiger partial charge on any atom is -0.445 e. The fraction of sp³-hybridized carbons (Fsp3) is 0.381. The van der Waals surface area contributed by atoms with E-state index in [2.05, 4.69) is 25.2 Å². The van der Waals surface area contributed by atoms with Gasteiger partial charge in [0.15, 0.2) is 11.6 Å². The van der Waals surface area contributed by atoms with E-state index in [4.69, 9.17) is 16.0 Å². The number of carbonyl (C=O) groups is 2. The summed E-state index contributed by atoms with van der Waals surface area (Å²) in [5, 5.41) is 10.4. The number of aryl methyl sites for hydroxylation is 1. The van der Waals surface area contributed by atoms with Crippen LogP contribution in [0.4, 0.5) is 0 Å². The Hall–Kier alpha value is -3.20. The number of aromatic nitrogens is 3. The molecule has 0 saturated carbocycles. The van der Waals surface area contributed by atoms with Crippen LogP contribution in [0, 0.1) is 6.92 Å². The number of halogens is 1. The van der Waals surface area contributed by atoms with Gasteiger partial charge >= 0.3 is 0 Å². The number of piperidine rings is 1. The molecule has 1 atom stereocenters. The van der Waals surface area contributed by atoms with Crippen LogP contribution in [0.15, 0.2) is 39.5 Å². The maximum atomic E-state index is 12.6. The molecular formula is C21H22ClN5O4. The highest BCUT2D eigenvalue weighted by Crippen LogP contribution is 2.27. The summed E-state index contributed by atoms with van der Waals surface area (Å²) in [6.45, 7) is 2.62. The number of amides is 2. The lowest BCUT2D eigenvalue weighted by Gasteiger charge is -2.31. The highest BCUT2D eigenvalue weighted by atomic mass is 35.5. The largest absolute Gasteiger partial charge is 0.445 e. The van der Waals surface area contributed by atoms with Crippen molar-refractivity contribution in [2.24, 2.45) is 0 Å². The van der Waals surface area contributed by atoms with Crippen LogP contribution in [-0.4, -0.2) is 51.6 Å². The molecule has 3 heterocycles. The Morgan fingerprint density at radius 1 is 1.26 bits per heavy atom. The molecule has 1 N–H and O–H groups in total. The Kier molecular flexibility index (Phi) is 6.31. The first-order chi connectivity index (χ1) is 15.0. The average Bonchev–Trinajstić information content (AvgIpc) is 3.42. The van der Waals surface area contributed by atoms with Crippen LogP contribution in [0.25, 0.3) is 0 Å². The van der Waals surface area contributed by atoms with Crippen molar-refractivity contribution < 1.29 is 18.6 Å². The van der Waals surface area contributed by atoms with E-state index in [1.807, 2.05) is 24.3 Å². The molecule has 2 aromatic heterocycles. The Morgan fingerprint density at radius 2 is 2.06 bits per heavy atom. The van der Waals surface area contributed by atoms with Crippen molar-refractivity contribution in [2.75, 3.05) is 19.6 Å². The van der Waals surface area contributed by atoms with Gasteiger partial charge in [0.2, 0.25) is 5.91 Å². The number of hydrogen-bond donors (Lipinski definition) is 1. The molecule has 0 bridgehead atoms. The first kappa shape index (κ1) is 21.0. The molecule has 162 valence electrons. The van der Waals surface area contributed by atoms with Gasteiger partial charge in [-0.15, -0.1) is 0 Å². The molecule has 9 nitrogen and oxygen atoms in total. The van der Waals surface area contributed by atoms with E-state index in [0.29, 0.717) is 36.1 Å². The summed E-state index contributed by atoms with van der Waals surface area (Å²) < 4.78 is 10.5. The number of carbonyl (C=O) groups excluding carboxylic acids is 2. The lowest BCUT2D eigenvalue weighted by molar-refractivity contribution is -0.131. The minimum absolute atomic E-state index is 0.0226. The van der Waals surface area contributed by atoms with Gasteiger partial charge in [0, 0.05) is 24.5 Å². The van der Waals surface area contributed by atoms with E-state index >= 15 is 0 Å². The average molecular weight is 444 g/mol. The molecule has 4 rings (SSSR count). The molecule has 3 aromatic rings. The zero-order valence-electron chi connectivity index (χ0n) is 17.0. The predicted molar refractivity (Wildman–Crippen MR) is 111 cm³/mol. The van der Waals surface area contributed by atoms with Crippen LogP contribution >= 0.6 is 11.6 Å². The lowest BCUT2D eigenvalue weighted by Crippen LogP contribution is -2.44. The molecule has 1 aliphatic rings. The van der Waals surface area contributed by atoms with Crippen LogP contribution in [0.3, 0.4) is 0 Å². The van der Waals surface area contributed by atoms with Gasteiger partial charge in [-0.2, -0.15) is 0 Å². The van der Waals surface area contributed by atoms with Crippen molar-refractivity contribution in [1.29, 1.82) is 0 Å². The summed E-state index contributed by atoms with van der Waals surface area (Å²) in [6.07, 6.45) is 4.09. The number of nitrogens with one attached hydrogen (secondary N) is 1. The molecule has 10 heteroatoms. The van der Waals surface area contributed by atoms with Gasteiger partial charge in [0.25, 0.3) is 5.91 Å². The number of rotatable bonds is 6. The van der Waals surface area contributed by atoms with Crippen LogP contribution < -0.4 is 5.32 Å². The summed E-state index contributed by atoms with van der Waals surface area (Å²) >= 11 is 5.93. The van der Waals surface area contributed by atoms with Crippen molar-refractivity contribution in [1.82, 2.24) is 25.5 Å². The zero-order valence-corrected chi connectivity index (χ0v) is 17.8. The van der Waals surface area contributed by atoms with E-state index in [0.717, 1.165) is 24.2 Å². The van der Waals surface area contributed by atoms with Crippen molar-refractivity contribution in [3.63, 3.8) is 0 Å². The van der Waals surface area contributed by atoms with Crippen LogP contribution in [0.2, 0.25) is 5.02 Å². The molecule has 1 unspecified atom stereocenters. The quantitative estimate of drug-likeness (QED) is 0.622. The second-order valence-electron chi connectivity index (χ2n) is 7.53. The standard InChI is InChI=1S/C21H22ClN5O4/c1-13-19(26-31-25-13)20(29)23-11-18(28)27-8-2-3-15(12-27)21-24-10-17(30-21)9-14-4-6-16(22)7-5-14/h4-7,10,15H,2-3,8-9,11-12H2,1H3,(H,23,29). The van der Waals surface area contributed by atoms with Crippen LogP contribution in [0.1, 0.15) is 52.2 Å². The molecule has 0 radical (unpaired) electrons. The maximum Gasteiger partial charge on any atom is 0.275 e. The first-order valence-electron chi connectivity index (χ1n) is 10.0. The zero-order chi connectivity index (χ0) is 21.8. The predicted octanol–water partition coefficient (Wildman–Crippen LogP) is 2.75. The number of oxazole rings is 1. The molecule has 1 saturated heterocycles. The molecule has 31 heavy (non-hydrogen) atoms. The van der Waals surface area contributed by atoms with E-state index in [9.17, 15) is 9.59 Å². The fourth-order valence-electron chi connectivity index (χ4n) is 3.59. The third-order valence-corrected chi connectivity index (χ3v) is 5.51. The van der Waals surface area contributed by atoms with Gasteiger partial charge in [0.1, 0.15) is 11.5 Å². The summed E-state index contributed by atoms with van der Waals surface area (Å²) in [5.41, 5.74) is 1.54. The van der Waals surface area contributed by atoms with Crippen LogP contribution in [0.5, 0.6) is 0 Å². The summed E-state index contributed by atoms with van der Waals surface area (Å²) in [5.74, 6) is 0.772. The second-order valence-corrected chi connectivity index (χ2v) is 7.96. The Morgan fingerprint density at radius 3 is 2.81 bits per heavy atom. The van der Waals surface area contributed by atoms with Gasteiger partial charge in [-0.1, -0.05) is 28.9 Å². The normalized spacial score (nSPS) is 16.3. The smallest absolute Gasteiger partial charge is 0.275 e. The number of likely N-dealkylation sites (tertiary alicyclic amines) is 1. The summed E-state index contributed by atoms with van der Waals surface area (Å²) in [7, 11) is 0. The van der Waals surface area contributed by atoms with E-state index < -0.39 is 5.91 Å². The van der Waals surface area contributed by atoms with Crippen molar-refractivity contribution in [3.8, 4) is 0 Å². The van der Waals surface area contributed by atoms with Gasteiger partial charge in [-0.05, 0) is 42.6 Å². The number of benzene rings is 1. The summed E-state index contributed by atoms with van der Waals surface area (Å²) in [4.78, 5) is 30.9. The molecule has 2 amide bonds. The first-order valence-corrected chi connectivity index (χ1v) is 10.4. The summed E-state index contributed by atoms with van der Waals surface area (Å²) in [6, 6.07) is 7.60. The molecular weight excluding hydrogens is 422 g/mol. The monoisotopic (exact) mass is 443 g/mol. The van der Waals surface area contributed by atoms with E-state index in [1.165, 1.54) is 0 Å². The Balaban J connectivity index is 1.32. The molecule has 0 spiro atoms. The van der Waals surface area contributed by atoms with Gasteiger partial charge in [-0.25, -0.2) is 9.61 Å². The maximum absolute atomic E-state index is 12.6. The minimum atomic E-state index is -0.486. The van der Waals surface area contributed by atoms with Crippen molar-refractivity contribution in [2.45, 2.75) is 32.1 Å². The van der Waals surface area contributed by atoms with E-state index in [1.54, 1.807) is 18.0 Å². The highest BCUT2D eigenvalue weighted by molar-refractivity contribution is 6.30. The lowest BCUT2D eigenvalue weighted by atomic mass is 9.98. The van der Waals surface area contributed by atoms with Crippen molar-refractivity contribution >= 4 is 23.4 Å². The second kappa shape index (κ2) is 9.30. The molecule has 0 aliphatic carbocycles. The Bertz CT molecular complexity index is 1060.